The van der Waals surface area contributed by atoms with Crippen molar-refractivity contribution in [2.45, 2.75) is 50.7 Å². The van der Waals surface area contributed by atoms with Crippen LogP contribution >= 0.6 is 0 Å². The van der Waals surface area contributed by atoms with Crippen molar-refractivity contribution < 1.29 is 9.47 Å². The zero-order valence-electron chi connectivity index (χ0n) is 13.8. The molecule has 1 fully saturated rings. The first-order valence-corrected chi connectivity index (χ1v) is 8.57. The van der Waals surface area contributed by atoms with Gasteiger partial charge in [0.05, 0.1) is 11.8 Å². The van der Waals surface area contributed by atoms with Gasteiger partial charge in [-0.2, -0.15) is 5.26 Å². The largest absolute Gasteiger partial charge is 0.490 e. The number of rotatable bonds is 4. The van der Waals surface area contributed by atoms with E-state index >= 15 is 0 Å². The number of aliphatic imine (C=N–C) groups is 1. The molecule has 24 heavy (non-hydrogen) atoms. The molecule has 0 saturated heterocycles. The van der Waals surface area contributed by atoms with E-state index in [0.717, 1.165) is 24.3 Å². The number of hydrogen-bond acceptors (Lipinski definition) is 5. The van der Waals surface area contributed by atoms with Gasteiger partial charge < -0.3 is 15.2 Å². The van der Waals surface area contributed by atoms with Crippen molar-refractivity contribution >= 4 is 5.71 Å². The molecule has 5 heteroatoms. The normalized spacial score (nSPS) is 23.6. The number of benzene rings is 1. The number of para-hydroxylation sites is 1. The van der Waals surface area contributed by atoms with Crippen LogP contribution in [0.4, 0.5) is 0 Å². The van der Waals surface area contributed by atoms with Gasteiger partial charge in [0.1, 0.15) is 30.1 Å². The average molecular weight is 325 g/mol. The van der Waals surface area contributed by atoms with Crippen LogP contribution in [0, 0.1) is 11.3 Å². The van der Waals surface area contributed by atoms with E-state index < -0.39 is 0 Å². The fourth-order valence-electron chi connectivity index (χ4n) is 3.21. The molecule has 126 valence electrons. The molecule has 0 bridgehead atoms. The van der Waals surface area contributed by atoms with E-state index in [2.05, 4.69) is 6.07 Å². The van der Waals surface area contributed by atoms with Crippen molar-refractivity contribution in [1.82, 2.24) is 0 Å². The number of allylic oxidation sites excluding steroid dienone is 1. The molecule has 1 aliphatic heterocycles. The number of nitriles is 1. The first-order chi connectivity index (χ1) is 11.8. The Morgan fingerprint density at radius 2 is 1.96 bits per heavy atom. The molecule has 1 aromatic rings. The van der Waals surface area contributed by atoms with Gasteiger partial charge in [0.25, 0.3) is 0 Å². The van der Waals surface area contributed by atoms with E-state index in [1.54, 1.807) is 0 Å². The summed E-state index contributed by atoms with van der Waals surface area (Å²) in [6.07, 6.45) is 6.22. The highest BCUT2D eigenvalue weighted by atomic mass is 16.5. The Morgan fingerprint density at radius 3 is 2.67 bits per heavy atom. The monoisotopic (exact) mass is 325 g/mol. The van der Waals surface area contributed by atoms with Gasteiger partial charge in [0.2, 0.25) is 5.88 Å². The maximum Gasteiger partial charge on any atom is 0.204 e. The molecular weight excluding hydrogens is 302 g/mol. The van der Waals surface area contributed by atoms with Crippen molar-refractivity contribution in [3.05, 3.63) is 41.8 Å². The summed E-state index contributed by atoms with van der Waals surface area (Å²) in [7, 11) is 0. The summed E-state index contributed by atoms with van der Waals surface area (Å²) in [6, 6.07) is 12.0. The third-order valence-corrected chi connectivity index (χ3v) is 4.45. The highest BCUT2D eigenvalue weighted by molar-refractivity contribution is 6.04. The van der Waals surface area contributed by atoms with E-state index in [4.69, 9.17) is 20.2 Å². The zero-order valence-corrected chi connectivity index (χ0v) is 13.8. The Hall–Kier alpha value is -2.48. The number of ether oxygens (including phenoxy) is 2. The molecule has 0 amide bonds. The summed E-state index contributed by atoms with van der Waals surface area (Å²) in [4.78, 5) is 4.82. The van der Waals surface area contributed by atoms with Crippen molar-refractivity contribution in [3.63, 3.8) is 0 Å². The summed E-state index contributed by atoms with van der Waals surface area (Å²) in [5, 5.41) is 9.38. The fraction of sp³-hybridized carbons (Fsp3) is 0.474. The van der Waals surface area contributed by atoms with Gasteiger partial charge in [0, 0.05) is 6.42 Å². The van der Waals surface area contributed by atoms with Crippen LogP contribution in [0.5, 0.6) is 5.75 Å². The smallest absolute Gasteiger partial charge is 0.204 e. The summed E-state index contributed by atoms with van der Waals surface area (Å²) < 4.78 is 11.4. The van der Waals surface area contributed by atoms with Crippen LogP contribution in [0.15, 0.2) is 46.8 Å². The van der Waals surface area contributed by atoms with Crippen molar-refractivity contribution in [2.24, 2.45) is 10.7 Å². The van der Waals surface area contributed by atoms with Gasteiger partial charge >= 0.3 is 0 Å². The molecule has 2 N–H and O–H groups in total. The van der Waals surface area contributed by atoms with Crippen molar-refractivity contribution in [1.29, 1.82) is 5.26 Å². The van der Waals surface area contributed by atoms with Crippen LogP contribution in [-0.2, 0) is 4.74 Å². The van der Waals surface area contributed by atoms with Crippen LogP contribution in [0.1, 0.15) is 38.5 Å². The lowest BCUT2D eigenvalue weighted by atomic mass is 9.95. The lowest BCUT2D eigenvalue weighted by Gasteiger charge is -2.27. The molecule has 5 nitrogen and oxygen atoms in total. The summed E-state index contributed by atoms with van der Waals surface area (Å²) >= 11 is 0. The minimum atomic E-state index is -0.218. The van der Waals surface area contributed by atoms with E-state index in [9.17, 15) is 5.26 Å². The average Bonchev–Trinajstić information content (AvgIpc) is 2.62. The molecule has 1 atom stereocenters. The third-order valence-electron chi connectivity index (χ3n) is 4.45. The summed E-state index contributed by atoms with van der Waals surface area (Å²) in [5.41, 5.74) is 7.10. The van der Waals surface area contributed by atoms with Gasteiger partial charge in [-0.05, 0) is 25.0 Å². The minimum Gasteiger partial charge on any atom is -0.490 e. The summed E-state index contributed by atoms with van der Waals surface area (Å²) in [5.74, 6) is 0.959. The molecule has 1 saturated carbocycles. The van der Waals surface area contributed by atoms with E-state index in [1.807, 2.05) is 30.3 Å². The maximum absolute atomic E-state index is 9.38. The van der Waals surface area contributed by atoms with Crippen LogP contribution in [-0.4, -0.2) is 24.5 Å². The molecule has 1 heterocycles. The molecule has 0 spiro atoms. The molecule has 0 aromatic heterocycles. The van der Waals surface area contributed by atoms with Crippen molar-refractivity contribution in [2.75, 3.05) is 6.61 Å². The first kappa shape index (κ1) is 16.4. The molecule has 3 rings (SSSR count). The second-order valence-corrected chi connectivity index (χ2v) is 6.29. The minimum absolute atomic E-state index is 0.167. The van der Waals surface area contributed by atoms with Crippen LogP contribution in [0.3, 0.4) is 0 Å². The van der Waals surface area contributed by atoms with Crippen LogP contribution in [0.2, 0.25) is 0 Å². The predicted molar refractivity (Wildman–Crippen MR) is 92.6 cm³/mol. The Labute approximate surface area is 142 Å². The quantitative estimate of drug-likeness (QED) is 0.921. The Morgan fingerprint density at radius 1 is 1.21 bits per heavy atom. The van der Waals surface area contributed by atoms with Gasteiger partial charge in [-0.3, -0.25) is 4.99 Å². The van der Waals surface area contributed by atoms with Gasteiger partial charge in [-0.15, -0.1) is 0 Å². The highest BCUT2D eigenvalue weighted by Crippen LogP contribution is 2.25. The van der Waals surface area contributed by atoms with Crippen molar-refractivity contribution in [3.8, 4) is 11.8 Å². The van der Waals surface area contributed by atoms with Crippen LogP contribution < -0.4 is 10.5 Å². The second-order valence-electron chi connectivity index (χ2n) is 6.29. The Kier molecular flexibility index (Phi) is 5.37. The topological polar surface area (TPSA) is 80.6 Å². The number of nitrogens with zero attached hydrogens (tertiary/aromatic N) is 2. The van der Waals surface area contributed by atoms with E-state index in [1.165, 1.54) is 19.3 Å². The molecule has 1 aliphatic carbocycles. The SMILES string of the molecule is N#CC1=C(N)OC(COc2ccccc2)CC1=NC1CCCCC1. The summed E-state index contributed by atoms with van der Waals surface area (Å²) in [6.45, 7) is 0.382. The molecule has 1 aromatic carbocycles. The zero-order chi connectivity index (χ0) is 16.8. The van der Waals surface area contributed by atoms with E-state index in [-0.39, 0.29) is 12.0 Å². The lowest BCUT2D eigenvalue weighted by molar-refractivity contribution is 0.0666. The third kappa shape index (κ3) is 4.08. The molecule has 1 unspecified atom stereocenters. The lowest BCUT2D eigenvalue weighted by Crippen LogP contribution is -2.33. The number of hydrogen-bond donors (Lipinski definition) is 1. The molecule has 0 radical (unpaired) electrons. The fourth-order valence-corrected chi connectivity index (χ4v) is 3.21. The maximum atomic E-state index is 9.38. The van der Waals surface area contributed by atoms with Crippen LogP contribution in [0.25, 0.3) is 0 Å². The Bertz CT molecular complexity index is 655. The van der Waals surface area contributed by atoms with Gasteiger partial charge in [0.15, 0.2) is 0 Å². The second kappa shape index (κ2) is 7.87. The Balaban J connectivity index is 1.69. The predicted octanol–water partition coefficient (Wildman–Crippen LogP) is 3.32. The first-order valence-electron chi connectivity index (χ1n) is 8.57. The van der Waals surface area contributed by atoms with Gasteiger partial charge in [-0.25, -0.2) is 0 Å². The highest BCUT2D eigenvalue weighted by Gasteiger charge is 2.28. The molecule has 2 aliphatic rings. The molecular formula is C19H23N3O2. The van der Waals surface area contributed by atoms with Gasteiger partial charge in [-0.1, -0.05) is 37.5 Å². The standard InChI is InChI=1S/C19H23N3O2/c20-12-17-18(22-14-7-3-1-4-8-14)11-16(24-19(17)21)13-23-15-9-5-2-6-10-15/h2,5-6,9-10,14,16H,1,3-4,7-8,11,13,21H2. The van der Waals surface area contributed by atoms with E-state index in [0.29, 0.717) is 24.6 Å². The number of nitrogens with two attached hydrogens (primary N) is 1.